The highest BCUT2D eigenvalue weighted by atomic mass is 79.9. The number of aromatic amines is 1. The second-order valence-electron chi connectivity index (χ2n) is 4.80. The molecule has 0 aliphatic carbocycles. The van der Waals surface area contributed by atoms with Gasteiger partial charge in [0.15, 0.2) is 5.78 Å². The number of hydrogen-bond donors (Lipinski definition) is 1. The molecular weight excluding hydrogens is 330 g/mol. The zero-order valence-electron chi connectivity index (χ0n) is 11.5. The lowest BCUT2D eigenvalue weighted by molar-refractivity contribution is 0.0993. The molecule has 0 aliphatic rings. The van der Waals surface area contributed by atoms with Gasteiger partial charge in [-0.1, -0.05) is 34.1 Å². The van der Waals surface area contributed by atoms with Crippen LogP contribution in [0, 0.1) is 0 Å². The number of ketones is 1. The standard InChI is InChI=1S/C17H14BrNO2/c1-21-17-5-3-2-4-11(17)8-16(20)14-10-19-15-7-6-12(18)9-13(14)15/h2-7,9-10,19H,8H2,1H3. The lowest BCUT2D eigenvalue weighted by Crippen LogP contribution is -2.04. The van der Waals surface area contributed by atoms with Crippen molar-refractivity contribution in [1.82, 2.24) is 4.98 Å². The number of carbonyl (C=O) groups is 1. The molecular formula is C17H14BrNO2. The summed E-state index contributed by atoms with van der Waals surface area (Å²) in [6.45, 7) is 0. The molecule has 0 radical (unpaired) electrons. The first kappa shape index (κ1) is 13.9. The summed E-state index contributed by atoms with van der Waals surface area (Å²) in [6, 6.07) is 13.5. The summed E-state index contributed by atoms with van der Waals surface area (Å²) in [5, 5.41) is 0.935. The molecule has 0 bridgehead atoms. The number of para-hydroxylation sites is 1. The molecule has 1 N–H and O–H groups in total. The first-order chi connectivity index (χ1) is 10.2. The van der Waals surface area contributed by atoms with Gasteiger partial charge in [0, 0.05) is 39.1 Å². The SMILES string of the molecule is COc1ccccc1CC(=O)c1c[nH]c2ccc(Br)cc12. The number of Topliss-reactive ketones (excluding diaryl/α,β-unsaturated/α-hetero) is 1. The van der Waals surface area contributed by atoms with Gasteiger partial charge in [-0.15, -0.1) is 0 Å². The fourth-order valence-electron chi connectivity index (χ4n) is 2.44. The molecule has 3 aromatic rings. The largest absolute Gasteiger partial charge is 0.496 e. The van der Waals surface area contributed by atoms with Crippen molar-refractivity contribution >= 4 is 32.6 Å². The molecule has 2 aromatic carbocycles. The molecule has 0 fully saturated rings. The second-order valence-corrected chi connectivity index (χ2v) is 5.72. The Labute approximate surface area is 131 Å². The van der Waals surface area contributed by atoms with Crippen molar-refractivity contribution in [2.24, 2.45) is 0 Å². The van der Waals surface area contributed by atoms with E-state index in [1.807, 2.05) is 42.5 Å². The summed E-state index contributed by atoms with van der Waals surface area (Å²) in [5.41, 5.74) is 2.56. The van der Waals surface area contributed by atoms with Gasteiger partial charge in [0.2, 0.25) is 0 Å². The summed E-state index contributed by atoms with van der Waals surface area (Å²) in [5.74, 6) is 0.815. The number of methoxy groups -OCH3 is 1. The van der Waals surface area contributed by atoms with E-state index in [9.17, 15) is 4.79 Å². The van der Waals surface area contributed by atoms with Crippen LogP contribution in [0.3, 0.4) is 0 Å². The van der Waals surface area contributed by atoms with Crippen molar-refractivity contribution in [3.63, 3.8) is 0 Å². The maximum atomic E-state index is 12.6. The smallest absolute Gasteiger partial charge is 0.169 e. The molecule has 1 aromatic heterocycles. The molecule has 0 saturated carbocycles. The Morgan fingerprint density at radius 3 is 2.86 bits per heavy atom. The Morgan fingerprint density at radius 1 is 1.24 bits per heavy atom. The van der Waals surface area contributed by atoms with E-state index in [-0.39, 0.29) is 5.78 Å². The van der Waals surface area contributed by atoms with Crippen molar-refractivity contribution in [1.29, 1.82) is 0 Å². The Hall–Kier alpha value is -2.07. The van der Waals surface area contributed by atoms with E-state index in [1.165, 1.54) is 0 Å². The molecule has 106 valence electrons. The first-order valence-electron chi connectivity index (χ1n) is 6.61. The van der Waals surface area contributed by atoms with Crippen molar-refractivity contribution < 1.29 is 9.53 Å². The third kappa shape index (κ3) is 2.72. The van der Waals surface area contributed by atoms with Crippen molar-refractivity contribution in [2.75, 3.05) is 7.11 Å². The number of halogens is 1. The van der Waals surface area contributed by atoms with E-state index in [0.29, 0.717) is 12.0 Å². The monoisotopic (exact) mass is 343 g/mol. The van der Waals surface area contributed by atoms with Crippen LogP contribution in [0.5, 0.6) is 5.75 Å². The number of hydrogen-bond acceptors (Lipinski definition) is 2. The lowest BCUT2D eigenvalue weighted by Gasteiger charge is -2.07. The van der Waals surface area contributed by atoms with Crippen molar-refractivity contribution in [3.8, 4) is 5.75 Å². The molecule has 3 nitrogen and oxygen atoms in total. The minimum absolute atomic E-state index is 0.0730. The zero-order chi connectivity index (χ0) is 14.8. The summed E-state index contributed by atoms with van der Waals surface area (Å²) < 4.78 is 6.26. The number of benzene rings is 2. The quantitative estimate of drug-likeness (QED) is 0.715. The Morgan fingerprint density at radius 2 is 2.05 bits per heavy atom. The van der Waals surface area contributed by atoms with Crippen LogP contribution in [0.4, 0.5) is 0 Å². The van der Waals surface area contributed by atoms with Gasteiger partial charge in [0.1, 0.15) is 5.75 Å². The molecule has 3 rings (SSSR count). The zero-order valence-corrected chi connectivity index (χ0v) is 13.1. The van der Waals surface area contributed by atoms with E-state index in [4.69, 9.17) is 4.74 Å². The van der Waals surface area contributed by atoms with Crippen LogP contribution in [-0.4, -0.2) is 17.9 Å². The third-order valence-corrected chi connectivity index (χ3v) is 3.98. The van der Waals surface area contributed by atoms with Crippen LogP contribution in [0.1, 0.15) is 15.9 Å². The second kappa shape index (κ2) is 5.74. The third-order valence-electron chi connectivity index (χ3n) is 3.49. The number of aromatic nitrogens is 1. The maximum absolute atomic E-state index is 12.6. The highest BCUT2D eigenvalue weighted by Gasteiger charge is 2.14. The summed E-state index contributed by atoms with van der Waals surface area (Å²) in [7, 11) is 1.62. The Bertz CT molecular complexity index is 807. The average Bonchev–Trinajstić information content (AvgIpc) is 2.90. The molecule has 0 spiro atoms. The van der Waals surface area contributed by atoms with Gasteiger partial charge in [-0.05, 0) is 24.3 Å². The maximum Gasteiger partial charge on any atom is 0.169 e. The van der Waals surface area contributed by atoms with Gasteiger partial charge in [-0.3, -0.25) is 4.79 Å². The van der Waals surface area contributed by atoms with Crippen molar-refractivity contribution in [2.45, 2.75) is 6.42 Å². The normalized spacial score (nSPS) is 10.8. The summed E-state index contributed by atoms with van der Waals surface area (Å²) in [6.07, 6.45) is 2.10. The van der Waals surface area contributed by atoms with Gasteiger partial charge in [-0.2, -0.15) is 0 Å². The van der Waals surface area contributed by atoms with Crippen LogP contribution in [0.2, 0.25) is 0 Å². The molecule has 0 atom stereocenters. The minimum atomic E-state index is 0.0730. The predicted octanol–water partition coefficient (Wildman–Crippen LogP) is 4.36. The summed E-state index contributed by atoms with van der Waals surface area (Å²) in [4.78, 5) is 15.7. The van der Waals surface area contributed by atoms with Gasteiger partial charge in [0.25, 0.3) is 0 Å². The van der Waals surface area contributed by atoms with Crippen LogP contribution in [-0.2, 0) is 6.42 Å². The van der Waals surface area contributed by atoms with E-state index in [2.05, 4.69) is 20.9 Å². The molecule has 21 heavy (non-hydrogen) atoms. The van der Waals surface area contributed by atoms with Gasteiger partial charge in [0.05, 0.1) is 7.11 Å². The molecule has 0 unspecified atom stereocenters. The van der Waals surface area contributed by atoms with Gasteiger partial charge < -0.3 is 9.72 Å². The van der Waals surface area contributed by atoms with Crippen LogP contribution < -0.4 is 4.74 Å². The Balaban J connectivity index is 1.96. The number of carbonyl (C=O) groups excluding carboxylic acids is 1. The van der Waals surface area contributed by atoms with E-state index >= 15 is 0 Å². The molecule has 4 heteroatoms. The molecule has 0 aliphatic heterocycles. The van der Waals surface area contributed by atoms with E-state index < -0.39 is 0 Å². The predicted molar refractivity (Wildman–Crippen MR) is 87.0 cm³/mol. The highest BCUT2D eigenvalue weighted by molar-refractivity contribution is 9.10. The number of ether oxygens (including phenoxy) is 1. The molecule has 0 amide bonds. The van der Waals surface area contributed by atoms with Crippen LogP contribution in [0.15, 0.2) is 53.1 Å². The highest BCUT2D eigenvalue weighted by Crippen LogP contribution is 2.25. The van der Waals surface area contributed by atoms with E-state index in [1.54, 1.807) is 13.3 Å². The summed E-state index contributed by atoms with van der Waals surface area (Å²) >= 11 is 3.44. The number of nitrogens with one attached hydrogen (secondary N) is 1. The number of rotatable bonds is 4. The molecule has 1 heterocycles. The van der Waals surface area contributed by atoms with E-state index in [0.717, 1.165) is 26.7 Å². The average molecular weight is 344 g/mol. The van der Waals surface area contributed by atoms with Gasteiger partial charge in [-0.25, -0.2) is 0 Å². The topological polar surface area (TPSA) is 42.1 Å². The fraction of sp³-hybridized carbons (Fsp3) is 0.118. The van der Waals surface area contributed by atoms with Gasteiger partial charge >= 0.3 is 0 Å². The van der Waals surface area contributed by atoms with Crippen molar-refractivity contribution in [3.05, 3.63) is 64.3 Å². The minimum Gasteiger partial charge on any atom is -0.496 e. The number of fused-ring (bicyclic) bond motifs is 1. The lowest BCUT2D eigenvalue weighted by atomic mass is 10.0. The van der Waals surface area contributed by atoms with Crippen LogP contribution >= 0.6 is 15.9 Å². The first-order valence-corrected chi connectivity index (χ1v) is 7.40. The number of H-pyrrole nitrogens is 1. The fourth-order valence-corrected chi connectivity index (χ4v) is 2.80. The molecule has 0 saturated heterocycles. The van der Waals surface area contributed by atoms with Crippen LogP contribution in [0.25, 0.3) is 10.9 Å². The Kier molecular flexibility index (Phi) is 3.80.